The van der Waals surface area contributed by atoms with Crippen LogP contribution in [0, 0.1) is 0 Å². The topological polar surface area (TPSA) is 65.8 Å². The lowest BCUT2D eigenvalue weighted by molar-refractivity contribution is -0.137. The fraction of sp³-hybridized carbons (Fsp3) is 0.571. The minimum atomic E-state index is -0.942. The van der Waals surface area contributed by atoms with Crippen LogP contribution in [0.15, 0.2) is 18.3 Å². The molecule has 1 aliphatic heterocycles. The smallest absolute Gasteiger partial charge is 0.323 e. The van der Waals surface area contributed by atoms with Gasteiger partial charge >= 0.3 is 5.97 Å². The first kappa shape index (κ1) is 14.6. The van der Waals surface area contributed by atoms with E-state index in [4.69, 9.17) is 5.11 Å². The molecule has 0 radical (unpaired) electrons. The summed E-state index contributed by atoms with van der Waals surface area (Å²) in [7, 11) is 0. The van der Waals surface area contributed by atoms with Crippen molar-refractivity contribution in [2.75, 3.05) is 32.7 Å². The van der Waals surface area contributed by atoms with E-state index in [1.165, 1.54) is 4.57 Å². The Morgan fingerprint density at radius 2 is 1.95 bits per heavy atom. The number of amides is 1. The van der Waals surface area contributed by atoms with Crippen LogP contribution in [0.4, 0.5) is 0 Å². The van der Waals surface area contributed by atoms with Gasteiger partial charge in [0.05, 0.1) is 0 Å². The maximum Gasteiger partial charge on any atom is 0.323 e. The minimum absolute atomic E-state index is 0.0765. The summed E-state index contributed by atoms with van der Waals surface area (Å²) < 4.78 is 1.49. The number of carboxylic acid groups (broad SMARTS) is 1. The van der Waals surface area contributed by atoms with Gasteiger partial charge in [-0.05, 0) is 25.1 Å². The number of hydrogen-bond donors (Lipinski definition) is 1. The van der Waals surface area contributed by atoms with Gasteiger partial charge in [0.25, 0.3) is 5.91 Å². The molecule has 1 fully saturated rings. The van der Waals surface area contributed by atoms with Gasteiger partial charge in [-0.25, -0.2) is 0 Å². The average Bonchev–Trinajstić information content (AvgIpc) is 2.86. The average molecular weight is 279 g/mol. The van der Waals surface area contributed by atoms with E-state index < -0.39 is 5.97 Å². The van der Waals surface area contributed by atoms with Gasteiger partial charge in [-0.15, -0.1) is 0 Å². The van der Waals surface area contributed by atoms with Crippen molar-refractivity contribution in [3.63, 3.8) is 0 Å². The number of carbonyl (C=O) groups excluding carboxylic acids is 1. The maximum absolute atomic E-state index is 12.4. The number of aliphatic carboxylic acids is 1. The number of piperazine rings is 1. The zero-order valence-corrected chi connectivity index (χ0v) is 11.8. The quantitative estimate of drug-likeness (QED) is 0.863. The van der Waals surface area contributed by atoms with Crippen LogP contribution >= 0.6 is 0 Å². The van der Waals surface area contributed by atoms with Gasteiger partial charge in [-0.2, -0.15) is 0 Å². The van der Waals surface area contributed by atoms with Gasteiger partial charge in [0, 0.05) is 32.4 Å². The second-order valence-corrected chi connectivity index (χ2v) is 5.05. The van der Waals surface area contributed by atoms with E-state index in [-0.39, 0.29) is 12.5 Å². The molecule has 1 saturated heterocycles. The molecule has 0 spiro atoms. The van der Waals surface area contributed by atoms with Crippen LogP contribution in [0.2, 0.25) is 0 Å². The van der Waals surface area contributed by atoms with E-state index in [1.54, 1.807) is 23.2 Å². The predicted octanol–water partition coefficient (Wildman–Crippen LogP) is 0.740. The van der Waals surface area contributed by atoms with Crippen molar-refractivity contribution in [3.8, 4) is 0 Å². The highest BCUT2D eigenvalue weighted by atomic mass is 16.4. The first-order valence-electron chi connectivity index (χ1n) is 7.00. The lowest BCUT2D eigenvalue weighted by Crippen LogP contribution is -2.49. The van der Waals surface area contributed by atoms with Gasteiger partial charge in [0.15, 0.2) is 0 Å². The standard InChI is InChI=1S/C14H21N3O3/c1-2-5-15-7-9-16(10-8-15)14(20)12-4-3-6-17(12)11-13(18)19/h3-4,6H,2,5,7-11H2,1H3,(H,18,19). The van der Waals surface area contributed by atoms with E-state index in [0.29, 0.717) is 18.8 Å². The Morgan fingerprint density at radius 3 is 2.55 bits per heavy atom. The van der Waals surface area contributed by atoms with Gasteiger partial charge < -0.3 is 14.6 Å². The summed E-state index contributed by atoms with van der Waals surface area (Å²) in [5.41, 5.74) is 0.455. The van der Waals surface area contributed by atoms with E-state index >= 15 is 0 Å². The van der Waals surface area contributed by atoms with E-state index in [2.05, 4.69) is 11.8 Å². The molecule has 0 aromatic carbocycles. The molecule has 1 aliphatic rings. The summed E-state index contributed by atoms with van der Waals surface area (Å²) in [6.45, 7) is 6.23. The van der Waals surface area contributed by atoms with Crippen LogP contribution in [0.1, 0.15) is 23.8 Å². The van der Waals surface area contributed by atoms with Crippen molar-refractivity contribution >= 4 is 11.9 Å². The monoisotopic (exact) mass is 279 g/mol. The summed E-state index contributed by atoms with van der Waals surface area (Å²) in [4.78, 5) is 27.4. The van der Waals surface area contributed by atoms with Crippen LogP contribution in [-0.4, -0.2) is 64.1 Å². The first-order chi connectivity index (χ1) is 9.61. The van der Waals surface area contributed by atoms with E-state index in [0.717, 1.165) is 26.1 Å². The zero-order valence-electron chi connectivity index (χ0n) is 11.8. The van der Waals surface area contributed by atoms with Crippen molar-refractivity contribution < 1.29 is 14.7 Å². The molecule has 20 heavy (non-hydrogen) atoms. The third kappa shape index (κ3) is 3.39. The fourth-order valence-corrected chi connectivity index (χ4v) is 2.54. The first-order valence-corrected chi connectivity index (χ1v) is 7.00. The summed E-state index contributed by atoms with van der Waals surface area (Å²) in [6, 6.07) is 3.40. The summed E-state index contributed by atoms with van der Waals surface area (Å²) in [5.74, 6) is -1.02. The van der Waals surface area contributed by atoms with Gasteiger partial charge in [0.2, 0.25) is 0 Å². The van der Waals surface area contributed by atoms with Crippen molar-refractivity contribution in [2.24, 2.45) is 0 Å². The minimum Gasteiger partial charge on any atom is -0.480 e. The number of hydrogen-bond acceptors (Lipinski definition) is 3. The Hall–Kier alpha value is -1.82. The van der Waals surface area contributed by atoms with Crippen LogP contribution in [-0.2, 0) is 11.3 Å². The number of aromatic nitrogens is 1. The molecule has 0 saturated carbocycles. The lowest BCUT2D eigenvalue weighted by atomic mass is 10.2. The molecule has 0 aliphatic carbocycles. The Kier molecular flexibility index (Phi) is 4.79. The molecule has 0 atom stereocenters. The van der Waals surface area contributed by atoms with Gasteiger partial charge in [-0.3, -0.25) is 14.5 Å². The third-order valence-corrected chi connectivity index (χ3v) is 3.55. The van der Waals surface area contributed by atoms with Crippen molar-refractivity contribution in [2.45, 2.75) is 19.9 Å². The highest BCUT2D eigenvalue weighted by Gasteiger charge is 2.23. The molecule has 2 heterocycles. The van der Waals surface area contributed by atoms with Crippen LogP contribution in [0.25, 0.3) is 0 Å². The number of carbonyl (C=O) groups is 2. The van der Waals surface area contributed by atoms with Crippen molar-refractivity contribution in [3.05, 3.63) is 24.0 Å². The Morgan fingerprint density at radius 1 is 1.25 bits per heavy atom. The zero-order chi connectivity index (χ0) is 14.5. The molecule has 0 bridgehead atoms. The molecule has 6 nitrogen and oxygen atoms in total. The molecule has 6 heteroatoms. The Balaban J connectivity index is 1.98. The SMILES string of the molecule is CCCN1CCN(C(=O)c2cccn2CC(=O)O)CC1. The maximum atomic E-state index is 12.4. The van der Waals surface area contributed by atoms with E-state index in [1.807, 2.05) is 0 Å². The van der Waals surface area contributed by atoms with Crippen molar-refractivity contribution in [1.29, 1.82) is 0 Å². The number of nitrogens with zero attached hydrogens (tertiary/aromatic N) is 3. The second-order valence-electron chi connectivity index (χ2n) is 5.05. The van der Waals surface area contributed by atoms with Gasteiger partial charge in [0.1, 0.15) is 12.2 Å². The molecule has 0 unspecified atom stereocenters. The predicted molar refractivity (Wildman–Crippen MR) is 74.7 cm³/mol. The van der Waals surface area contributed by atoms with Crippen molar-refractivity contribution in [1.82, 2.24) is 14.4 Å². The molecule has 2 rings (SSSR count). The molecule has 1 aromatic rings. The summed E-state index contributed by atoms with van der Waals surface area (Å²) >= 11 is 0. The number of carboxylic acids is 1. The Labute approximate surface area is 118 Å². The van der Waals surface area contributed by atoms with Gasteiger partial charge in [-0.1, -0.05) is 6.92 Å². The number of rotatable bonds is 5. The lowest BCUT2D eigenvalue weighted by Gasteiger charge is -2.34. The van der Waals surface area contributed by atoms with Crippen LogP contribution in [0.3, 0.4) is 0 Å². The highest BCUT2D eigenvalue weighted by molar-refractivity contribution is 5.93. The van der Waals surface area contributed by atoms with E-state index in [9.17, 15) is 9.59 Å². The molecule has 1 amide bonds. The fourth-order valence-electron chi connectivity index (χ4n) is 2.54. The molecule has 1 aromatic heterocycles. The highest BCUT2D eigenvalue weighted by Crippen LogP contribution is 2.10. The third-order valence-electron chi connectivity index (χ3n) is 3.55. The molecule has 1 N–H and O–H groups in total. The summed E-state index contributed by atoms with van der Waals surface area (Å²) in [5, 5.41) is 8.84. The molecular formula is C14H21N3O3. The largest absolute Gasteiger partial charge is 0.480 e. The molecule has 110 valence electrons. The van der Waals surface area contributed by atoms with Crippen LogP contribution in [0.5, 0.6) is 0 Å². The normalized spacial score (nSPS) is 16.4. The summed E-state index contributed by atoms with van der Waals surface area (Å²) in [6.07, 6.45) is 2.75. The van der Waals surface area contributed by atoms with Crippen LogP contribution < -0.4 is 0 Å². The Bertz CT molecular complexity index is 476. The second kappa shape index (κ2) is 6.56. The molecular weight excluding hydrogens is 258 g/mol.